The molecule has 0 saturated carbocycles. The topological polar surface area (TPSA) is 28.4 Å². The maximum atomic E-state index is 6.05. The number of benzene rings is 1. The Labute approximate surface area is 126 Å². The summed E-state index contributed by atoms with van der Waals surface area (Å²) in [4.78, 5) is 2.52. The summed E-state index contributed by atoms with van der Waals surface area (Å²) < 4.78 is 6.05. The van der Waals surface area contributed by atoms with Crippen molar-refractivity contribution < 1.29 is 4.42 Å². The van der Waals surface area contributed by atoms with E-state index in [1.807, 2.05) is 6.07 Å². The third-order valence-corrected chi connectivity index (χ3v) is 5.49. The molecule has 3 heterocycles. The Morgan fingerprint density at radius 2 is 1.90 bits per heavy atom. The molecule has 1 aromatic heterocycles. The SMILES string of the molecule is CC(c1cc2ccccc2o1)N(C)C1CC2CCC(C1)N2. The molecule has 3 unspecified atom stereocenters. The molecular formula is C18H24N2O. The number of nitrogens with zero attached hydrogens (tertiary/aromatic N) is 1. The van der Waals surface area contributed by atoms with Crippen molar-refractivity contribution in [2.24, 2.45) is 0 Å². The number of nitrogens with one attached hydrogen (secondary N) is 1. The summed E-state index contributed by atoms with van der Waals surface area (Å²) in [7, 11) is 2.26. The second-order valence-electron chi connectivity index (χ2n) is 6.79. The molecule has 21 heavy (non-hydrogen) atoms. The molecule has 0 aliphatic carbocycles. The first-order chi connectivity index (χ1) is 10.2. The Hall–Kier alpha value is -1.32. The smallest absolute Gasteiger partial charge is 0.134 e. The number of hydrogen-bond acceptors (Lipinski definition) is 3. The van der Waals surface area contributed by atoms with Crippen LogP contribution in [0.3, 0.4) is 0 Å². The number of hydrogen-bond donors (Lipinski definition) is 1. The van der Waals surface area contributed by atoms with E-state index in [1.54, 1.807) is 0 Å². The summed E-state index contributed by atoms with van der Waals surface area (Å²) in [6, 6.07) is 13.0. The number of furan rings is 1. The van der Waals surface area contributed by atoms with Gasteiger partial charge in [0.05, 0.1) is 6.04 Å². The maximum Gasteiger partial charge on any atom is 0.134 e. The second kappa shape index (κ2) is 5.15. The fraction of sp³-hybridized carbons (Fsp3) is 0.556. The number of rotatable bonds is 3. The Bertz CT molecular complexity index is 590. The van der Waals surface area contributed by atoms with Crippen LogP contribution in [0.25, 0.3) is 11.0 Å². The zero-order valence-electron chi connectivity index (χ0n) is 12.9. The van der Waals surface area contributed by atoms with Crippen molar-refractivity contribution in [1.29, 1.82) is 0 Å². The van der Waals surface area contributed by atoms with E-state index in [1.165, 1.54) is 31.1 Å². The van der Waals surface area contributed by atoms with Crippen molar-refractivity contribution >= 4 is 11.0 Å². The second-order valence-corrected chi connectivity index (χ2v) is 6.79. The zero-order chi connectivity index (χ0) is 14.4. The maximum absolute atomic E-state index is 6.05. The predicted octanol–water partition coefficient (Wildman–Crippen LogP) is 3.71. The van der Waals surface area contributed by atoms with Crippen LogP contribution in [0.4, 0.5) is 0 Å². The normalized spacial score (nSPS) is 30.1. The van der Waals surface area contributed by atoms with Gasteiger partial charge in [-0.25, -0.2) is 0 Å². The molecule has 2 aliphatic heterocycles. The van der Waals surface area contributed by atoms with Gasteiger partial charge in [-0.05, 0) is 51.8 Å². The highest BCUT2D eigenvalue weighted by Crippen LogP contribution is 2.34. The highest BCUT2D eigenvalue weighted by molar-refractivity contribution is 5.77. The van der Waals surface area contributed by atoms with Gasteiger partial charge in [0.25, 0.3) is 0 Å². The number of para-hydroxylation sites is 1. The quantitative estimate of drug-likeness (QED) is 0.931. The monoisotopic (exact) mass is 284 g/mol. The van der Waals surface area contributed by atoms with Gasteiger partial charge < -0.3 is 9.73 Å². The molecule has 3 heteroatoms. The lowest BCUT2D eigenvalue weighted by Crippen LogP contribution is -2.47. The van der Waals surface area contributed by atoms with Gasteiger partial charge in [-0.1, -0.05) is 18.2 Å². The van der Waals surface area contributed by atoms with Gasteiger partial charge in [-0.3, -0.25) is 4.90 Å². The van der Waals surface area contributed by atoms with Crippen LogP contribution in [-0.4, -0.2) is 30.1 Å². The van der Waals surface area contributed by atoms with E-state index in [-0.39, 0.29) is 0 Å². The van der Waals surface area contributed by atoms with Crippen LogP contribution >= 0.6 is 0 Å². The molecule has 3 atom stereocenters. The molecule has 4 rings (SSSR count). The van der Waals surface area contributed by atoms with Crippen LogP contribution in [0.2, 0.25) is 0 Å². The van der Waals surface area contributed by atoms with E-state index in [0.717, 1.165) is 23.4 Å². The molecule has 0 radical (unpaired) electrons. The van der Waals surface area contributed by atoms with E-state index >= 15 is 0 Å². The van der Waals surface area contributed by atoms with Gasteiger partial charge in [0.2, 0.25) is 0 Å². The van der Waals surface area contributed by atoms with Crippen LogP contribution < -0.4 is 5.32 Å². The van der Waals surface area contributed by atoms with Crippen molar-refractivity contribution in [2.75, 3.05) is 7.05 Å². The van der Waals surface area contributed by atoms with E-state index in [9.17, 15) is 0 Å². The first-order valence-electron chi connectivity index (χ1n) is 8.17. The summed E-state index contributed by atoms with van der Waals surface area (Å²) in [6.07, 6.45) is 5.26. The molecule has 0 spiro atoms. The number of fused-ring (bicyclic) bond motifs is 3. The third kappa shape index (κ3) is 2.39. The van der Waals surface area contributed by atoms with Crippen molar-refractivity contribution in [3.05, 3.63) is 36.1 Å². The van der Waals surface area contributed by atoms with Crippen molar-refractivity contribution in [3.63, 3.8) is 0 Å². The summed E-state index contributed by atoms with van der Waals surface area (Å²) >= 11 is 0. The molecule has 112 valence electrons. The minimum Gasteiger partial charge on any atom is -0.459 e. The first kappa shape index (κ1) is 13.4. The lowest BCUT2D eigenvalue weighted by molar-refractivity contribution is 0.121. The first-order valence-corrected chi connectivity index (χ1v) is 8.17. The van der Waals surface area contributed by atoms with Gasteiger partial charge >= 0.3 is 0 Å². The lowest BCUT2D eigenvalue weighted by atomic mass is 9.97. The van der Waals surface area contributed by atoms with E-state index in [0.29, 0.717) is 12.1 Å². The third-order valence-electron chi connectivity index (χ3n) is 5.49. The summed E-state index contributed by atoms with van der Waals surface area (Å²) in [5, 5.41) is 4.93. The van der Waals surface area contributed by atoms with Gasteiger partial charge in [0.1, 0.15) is 11.3 Å². The molecule has 2 aromatic rings. The average Bonchev–Trinajstić information content (AvgIpc) is 3.08. The highest BCUT2D eigenvalue weighted by Gasteiger charge is 2.36. The summed E-state index contributed by atoms with van der Waals surface area (Å²) in [5.41, 5.74) is 0.998. The van der Waals surface area contributed by atoms with E-state index in [2.05, 4.69) is 48.5 Å². The standard InChI is InChI=1S/C18H24N2O/c1-12(18-9-13-5-3-4-6-17(13)21-18)20(2)16-10-14-7-8-15(11-16)19-14/h3-6,9,12,14-16,19H,7-8,10-11H2,1-2H3. The molecule has 2 aliphatic rings. The molecule has 1 aromatic carbocycles. The van der Waals surface area contributed by atoms with Gasteiger partial charge in [0, 0.05) is 23.5 Å². The molecule has 1 N–H and O–H groups in total. The summed E-state index contributed by atoms with van der Waals surface area (Å²) in [6.45, 7) is 2.27. The number of piperidine rings is 1. The van der Waals surface area contributed by atoms with Crippen LogP contribution in [0.15, 0.2) is 34.7 Å². The Balaban J connectivity index is 1.54. The van der Waals surface area contributed by atoms with E-state index in [4.69, 9.17) is 4.42 Å². The van der Waals surface area contributed by atoms with Gasteiger partial charge in [-0.15, -0.1) is 0 Å². The van der Waals surface area contributed by atoms with Crippen LogP contribution in [0.5, 0.6) is 0 Å². The molecule has 2 bridgehead atoms. The average molecular weight is 284 g/mol. The van der Waals surface area contributed by atoms with Crippen LogP contribution in [-0.2, 0) is 0 Å². The molecule has 0 amide bonds. The fourth-order valence-electron chi connectivity index (χ4n) is 4.08. The molecule has 2 fully saturated rings. The van der Waals surface area contributed by atoms with E-state index < -0.39 is 0 Å². The summed E-state index contributed by atoms with van der Waals surface area (Å²) in [5.74, 6) is 1.09. The molecule has 3 nitrogen and oxygen atoms in total. The van der Waals surface area contributed by atoms with Gasteiger partial charge in [0.15, 0.2) is 0 Å². The van der Waals surface area contributed by atoms with Crippen molar-refractivity contribution in [3.8, 4) is 0 Å². The van der Waals surface area contributed by atoms with Crippen molar-refractivity contribution in [1.82, 2.24) is 10.2 Å². The van der Waals surface area contributed by atoms with Crippen molar-refractivity contribution in [2.45, 2.75) is 56.8 Å². The minimum absolute atomic E-state index is 0.333. The largest absolute Gasteiger partial charge is 0.459 e. The lowest BCUT2D eigenvalue weighted by Gasteiger charge is -2.38. The fourth-order valence-corrected chi connectivity index (χ4v) is 4.08. The minimum atomic E-state index is 0.333. The molecular weight excluding hydrogens is 260 g/mol. The Kier molecular flexibility index (Phi) is 3.27. The Morgan fingerprint density at radius 3 is 2.62 bits per heavy atom. The zero-order valence-corrected chi connectivity index (χ0v) is 12.9. The van der Waals surface area contributed by atoms with Crippen LogP contribution in [0, 0.1) is 0 Å². The Morgan fingerprint density at radius 1 is 1.19 bits per heavy atom. The van der Waals surface area contributed by atoms with Gasteiger partial charge in [-0.2, -0.15) is 0 Å². The van der Waals surface area contributed by atoms with Crippen LogP contribution in [0.1, 0.15) is 44.4 Å². The highest BCUT2D eigenvalue weighted by atomic mass is 16.3. The predicted molar refractivity (Wildman–Crippen MR) is 85.4 cm³/mol. The molecule has 2 saturated heterocycles.